The van der Waals surface area contributed by atoms with Gasteiger partial charge in [-0.05, 0) is 26.1 Å². The number of nitrogens with two attached hydrogens (primary N) is 1. The molecule has 1 aliphatic rings. The zero-order chi connectivity index (χ0) is 14.0. The van der Waals surface area contributed by atoms with Gasteiger partial charge in [-0.2, -0.15) is 0 Å². The lowest BCUT2D eigenvalue weighted by Gasteiger charge is -2.28. The number of likely N-dealkylation sites (N-methyl/N-ethyl adjacent to an activating group) is 1. The summed E-state index contributed by atoms with van der Waals surface area (Å²) in [6.07, 6.45) is 0.876. The molecule has 5 nitrogen and oxygen atoms in total. The number of thiophene rings is 1. The fourth-order valence-electron chi connectivity index (χ4n) is 2.34. The van der Waals surface area contributed by atoms with Crippen LogP contribution in [0, 0.1) is 0 Å². The van der Waals surface area contributed by atoms with Gasteiger partial charge in [0.1, 0.15) is 5.00 Å². The second kappa shape index (κ2) is 5.90. The van der Waals surface area contributed by atoms with Gasteiger partial charge >= 0.3 is 5.97 Å². The molecule has 0 saturated heterocycles. The molecule has 6 heteroatoms. The van der Waals surface area contributed by atoms with Gasteiger partial charge in [0.25, 0.3) is 0 Å². The quantitative estimate of drug-likeness (QED) is 0.837. The van der Waals surface area contributed by atoms with Gasteiger partial charge < -0.3 is 15.4 Å². The average molecular weight is 283 g/mol. The van der Waals surface area contributed by atoms with Gasteiger partial charge in [-0.15, -0.1) is 11.3 Å². The minimum Gasteiger partial charge on any atom is -0.465 e. The molecule has 2 rings (SSSR count). The normalized spacial score (nSPS) is 15.6. The van der Waals surface area contributed by atoms with Crippen molar-refractivity contribution >= 4 is 22.3 Å². The SMILES string of the molecule is COC(=O)c1c(N)sc2c1CCN(CCN(C)C)C2. The lowest BCUT2D eigenvalue weighted by molar-refractivity contribution is 0.0600. The highest BCUT2D eigenvalue weighted by molar-refractivity contribution is 7.16. The first-order valence-corrected chi connectivity index (χ1v) is 7.20. The van der Waals surface area contributed by atoms with Gasteiger partial charge in [0.05, 0.1) is 12.7 Å². The summed E-state index contributed by atoms with van der Waals surface area (Å²) in [6, 6.07) is 0. The van der Waals surface area contributed by atoms with Crippen LogP contribution in [-0.4, -0.2) is 56.6 Å². The molecule has 0 bridgehead atoms. The van der Waals surface area contributed by atoms with Crippen LogP contribution in [0.15, 0.2) is 0 Å². The van der Waals surface area contributed by atoms with Gasteiger partial charge in [-0.3, -0.25) is 4.90 Å². The molecule has 0 saturated carbocycles. The van der Waals surface area contributed by atoms with E-state index in [2.05, 4.69) is 23.9 Å². The molecule has 106 valence electrons. The van der Waals surface area contributed by atoms with Gasteiger partial charge in [-0.1, -0.05) is 0 Å². The van der Waals surface area contributed by atoms with E-state index in [9.17, 15) is 4.79 Å². The van der Waals surface area contributed by atoms with E-state index in [1.54, 1.807) is 0 Å². The van der Waals surface area contributed by atoms with Crippen molar-refractivity contribution in [2.24, 2.45) is 0 Å². The Kier molecular flexibility index (Phi) is 4.44. The number of rotatable bonds is 4. The van der Waals surface area contributed by atoms with Crippen LogP contribution in [0.25, 0.3) is 0 Å². The fraction of sp³-hybridized carbons (Fsp3) is 0.615. The van der Waals surface area contributed by atoms with E-state index >= 15 is 0 Å². The molecule has 2 N–H and O–H groups in total. The molecule has 0 aromatic carbocycles. The van der Waals surface area contributed by atoms with E-state index in [1.165, 1.54) is 23.3 Å². The monoisotopic (exact) mass is 283 g/mol. The average Bonchev–Trinajstić information content (AvgIpc) is 2.70. The highest BCUT2D eigenvalue weighted by Gasteiger charge is 2.27. The van der Waals surface area contributed by atoms with E-state index in [0.717, 1.165) is 38.2 Å². The van der Waals surface area contributed by atoms with Crippen molar-refractivity contribution in [3.05, 3.63) is 16.0 Å². The van der Waals surface area contributed by atoms with Crippen LogP contribution in [0.3, 0.4) is 0 Å². The largest absolute Gasteiger partial charge is 0.465 e. The van der Waals surface area contributed by atoms with Crippen LogP contribution in [0.4, 0.5) is 5.00 Å². The molecular weight excluding hydrogens is 262 g/mol. The van der Waals surface area contributed by atoms with Crippen molar-refractivity contribution in [1.82, 2.24) is 9.80 Å². The maximum Gasteiger partial charge on any atom is 0.341 e. The Bertz CT molecular complexity index is 471. The van der Waals surface area contributed by atoms with Gasteiger partial charge in [0.15, 0.2) is 0 Å². The lowest BCUT2D eigenvalue weighted by Crippen LogP contribution is -2.35. The van der Waals surface area contributed by atoms with E-state index in [1.807, 2.05) is 0 Å². The number of carbonyl (C=O) groups excluding carboxylic acids is 1. The summed E-state index contributed by atoms with van der Waals surface area (Å²) >= 11 is 1.52. The fourth-order valence-corrected chi connectivity index (χ4v) is 3.48. The van der Waals surface area contributed by atoms with Crippen LogP contribution < -0.4 is 5.73 Å². The summed E-state index contributed by atoms with van der Waals surface area (Å²) < 4.78 is 4.81. The molecule has 0 spiro atoms. The van der Waals surface area contributed by atoms with Crippen molar-refractivity contribution in [3.8, 4) is 0 Å². The molecule has 0 fully saturated rings. The van der Waals surface area contributed by atoms with Crippen LogP contribution in [0.1, 0.15) is 20.8 Å². The molecule has 1 aromatic rings. The molecule has 1 aromatic heterocycles. The van der Waals surface area contributed by atoms with Gasteiger partial charge in [0, 0.05) is 31.1 Å². The molecule has 0 atom stereocenters. The molecule has 19 heavy (non-hydrogen) atoms. The number of hydrogen-bond donors (Lipinski definition) is 1. The second-order valence-corrected chi connectivity index (χ2v) is 6.20. The van der Waals surface area contributed by atoms with Crippen molar-refractivity contribution < 1.29 is 9.53 Å². The summed E-state index contributed by atoms with van der Waals surface area (Å²) in [6.45, 7) is 3.94. The topological polar surface area (TPSA) is 58.8 Å². The van der Waals surface area contributed by atoms with Gasteiger partial charge in [-0.25, -0.2) is 4.79 Å². The molecule has 0 unspecified atom stereocenters. The summed E-state index contributed by atoms with van der Waals surface area (Å²) in [5.41, 5.74) is 7.64. The van der Waals surface area contributed by atoms with E-state index in [-0.39, 0.29) is 5.97 Å². The lowest BCUT2D eigenvalue weighted by atomic mass is 10.0. The predicted octanol–water partition coefficient (Wildman–Crippen LogP) is 1.04. The predicted molar refractivity (Wildman–Crippen MR) is 77.6 cm³/mol. The Morgan fingerprint density at radius 3 is 2.89 bits per heavy atom. The Morgan fingerprint density at radius 2 is 2.26 bits per heavy atom. The second-order valence-electron chi connectivity index (χ2n) is 5.06. The maximum atomic E-state index is 11.7. The Labute approximate surface area is 117 Å². The summed E-state index contributed by atoms with van der Waals surface area (Å²) in [4.78, 5) is 17.5. The number of esters is 1. The molecule has 0 amide bonds. The Balaban J connectivity index is 2.12. The van der Waals surface area contributed by atoms with Crippen molar-refractivity contribution in [2.75, 3.05) is 46.6 Å². The minimum absolute atomic E-state index is 0.309. The highest BCUT2D eigenvalue weighted by Crippen LogP contribution is 2.35. The Morgan fingerprint density at radius 1 is 1.53 bits per heavy atom. The van der Waals surface area contributed by atoms with Crippen molar-refractivity contribution in [2.45, 2.75) is 13.0 Å². The molecule has 1 aliphatic heterocycles. The van der Waals surface area contributed by atoms with Gasteiger partial charge in [0.2, 0.25) is 0 Å². The number of hydrogen-bond acceptors (Lipinski definition) is 6. The van der Waals surface area contributed by atoms with E-state index in [0.29, 0.717) is 10.6 Å². The standard InChI is InChI=1S/C13H21N3O2S/c1-15(2)6-7-16-5-4-9-10(8-16)19-12(14)11(9)13(17)18-3/h4-8,14H2,1-3H3. The third kappa shape index (κ3) is 3.08. The number of anilines is 1. The summed E-state index contributed by atoms with van der Waals surface area (Å²) in [5.74, 6) is -0.309. The number of carbonyl (C=O) groups is 1. The first-order chi connectivity index (χ1) is 9.02. The summed E-state index contributed by atoms with van der Waals surface area (Å²) in [7, 11) is 5.56. The first-order valence-electron chi connectivity index (χ1n) is 6.38. The third-order valence-electron chi connectivity index (χ3n) is 3.42. The third-order valence-corrected chi connectivity index (χ3v) is 4.46. The number of fused-ring (bicyclic) bond motifs is 1. The van der Waals surface area contributed by atoms with Crippen LogP contribution in [-0.2, 0) is 17.7 Å². The zero-order valence-electron chi connectivity index (χ0n) is 11.7. The number of methoxy groups -OCH3 is 1. The smallest absolute Gasteiger partial charge is 0.341 e. The van der Waals surface area contributed by atoms with Crippen LogP contribution in [0.5, 0.6) is 0 Å². The Hall–Kier alpha value is -1.11. The molecular formula is C13H21N3O2S. The highest BCUT2D eigenvalue weighted by atomic mass is 32.1. The number of nitrogen functional groups attached to an aromatic ring is 1. The minimum atomic E-state index is -0.309. The van der Waals surface area contributed by atoms with E-state index < -0.39 is 0 Å². The molecule has 0 aliphatic carbocycles. The van der Waals surface area contributed by atoms with Crippen molar-refractivity contribution in [1.29, 1.82) is 0 Å². The molecule has 2 heterocycles. The van der Waals surface area contributed by atoms with Crippen molar-refractivity contribution in [3.63, 3.8) is 0 Å². The zero-order valence-corrected chi connectivity index (χ0v) is 12.5. The van der Waals surface area contributed by atoms with Crippen LogP contribution in [0.2, 0.25) is 0 Å². The molecule has 0 radical (unpaired) electrons. The first kappa shape index (κ1) is 14.3. The number of ether oxygens (including phenoxy) is 1. The maximum absolute atomic E-state index is 11.7. The number of nitrogens with zero attached hydrogens (tertiary/aromatic N) is 2. The van der Waals surface area contributed by atoms with E-state index in [4.69, 9.17) is 10.5 Å². The van der Waals surface area contributed by atoms with Crippen LogP contribution >= 0.6 is 11.3 Å². The summed E-state index contributed by atoms with van der Waals surface area (Å²) in [5, 5.41) is 0.589.